The Morgan fingerprint density at radius 1 is 1.09 bits per heavy atom. The molecule has 0 aliphatic rings. The summed E-state index contributed by atoms with van der Waals surface area (Å²) in [7, 11) is 0. The van der Waals surface area contributed by atoms with Gasteiger partial charge in [0.25, 0.3) is 0 Å². The lowest BCUT2D eigenvalue weighted by atomic mass is 9.84. The van der Waals surface area contributed by atoms with E-state index in [9.17, 15) is 14.0 Å². The van der Waals surface area contributed by atoms with Crippen LogP contribution in [0.2, 0.25) is 0 Å². The molecule has 2 N–H and O–H groups in total. The topological polar surface area (TPSA) is 66.4 Å². The lowest BCUT2D eigenvalue weighted by Crippen LogP contribution is -2.29. The summed E-state index contributed by atoms with van der Waals surface area (Å²) in [5, 5.41) is 11.8. The average Bonchev–Trinajstić information content (AvgIpc) is 2.54. The van der Waals surface area contributed by atoms with Gasteiger partial charge in [-0.1, -0.05) is 37.3 Å². The quantitative estimate of drug-likeness (QED) is 0.855. The highest BCUT2D eigenvalue weighted by Crippen LogP contribution is 2.28. The molecule has 0 aliphatic heterocycles. The first-order valence-electron chi connectivity index (χ1n) is 7.30. The number of carboxylic acids is 1. The first-order valence-corrected chi connectivity index (χ1v) is 7.30. The van der Waals surface area contributed by atoms with Crippen molar-refractivity contribution in [2.24, 2.45) is 5.92 Å². The zero-order valence-corrected chi connectivity index (χ0v) is 12.7. The number of anilines is 1. The molecular weight excluding hydrogens is 297 g/mol. The molecular formula is C18H18FNO3. The molecule has 0 heterocycles. The normalized spacial score (nSPS) is 13.1. The van der Waals surface area contributed by atoms with Crippen LogP contribution in [0.3, 0.4) is 0 Å². The van der Waals surface area contributed by atoms with E-state index in [0.717, 1.165) is 5.56 Å². The molecule has 4 nitrogen and oxygen atoms in total. The highest BCUT2D eigenvalue weighted by atomic mass is 19.1. The maximum Gasteiger partial charge on any atom is 0.304 e. The Morgan fingerprint density at radius 3 is 2.26 bits per heavy atom. The van der Waals surface area contributed by atoms with Gasteiger partial charge in [0.15, 0.2) is 0 Å². The second kappa shape index (κ2) is 7.54. The van der Waals surface area contributed by atoms with Gasteiger partial charge in [0.1, 0.15) is 5.82 Å². The summed E-state index contributed by atoms with van der Waals surface area (Å²) in [4.78, 5) is 23.6. The smallest absolute Gasteiger partial charge is 0.304 e. The van der Waals surface area contributed by atoms with Gasteiger partial charge in [-0.25, -0.2) is 4.39 Å². The minimum atomic E-state index is -1.04. The number of amides is 1. The number of carboxylic acid groups (broad SMARTS) is 1. The molecule has 120 valence electrons. The number of aliphatic carboxylic acids is 1. The predicted octanol–water partition coefficient (Wildman–Crippen LogP) is 3.66. The van der Waals surface area contributed by atoms with Crippen molar-refractivity contribution in [2.45, 2.75) is 19.3 Å². The average molecular weight is 315 g/mol. The first-order chi connectivity index (χ1) is 11.0. The number of carbonyl (C=O) groups is 2. The first kappa shape index (κ1) is 16.7. The number of hydrogen-bond acceptors (Lipinski definition) is 2. The van der Waals surface area contributed by atoms with Gasteiger partial charge in [0.05, 0.1) is 12.3 Å². The van der Waals surface area contributed by atoms with Gasteiger partial charge in [-0.3, -0.25) is 9.59 Å². The number of nitrogens with one attached hydrogen (secondary N) is 1. The molecule has 2 aromatic carbocycles. The van der Waals surface area contributed by atoms with Gasteiger partial charge < -0.3 is 10.4 Å². The number of halogens is 1. The SMILES string of the molecule is C[C@H](c1ccccc1)[C@H](CC(=O)O)C(=O)Nc1ccc(F)cc1. The zero-order chi connectivity index (χ0) is 16.8. The highest BCUT2D eigenvalue weighted by molar-refractivity contribution is 5.95. The van der Waals surface area contributed by atoms with E-state index in [1.54, 1.807) is 0 Å². The molecule has 2 rings (SSSR count). The Hall–Kier alpha value is -2.69. The standard InChI is InChI=1S/C18H18FNO3/c1-12(13-5-3-2-4-6-13)16(11-17(21)22)18(23)20-15-9-7-14(19)8-10-15/h2-10,12,16H,11H2,1H3,(H,20,23)(H,21,22)/t12-,16+/m1/s1. The van der Waals surface area contributed by atoms with Crippen LogP contribution < -0.4 is 5.32 Å². The third-order valence-corrected chi connectivity index (χ3v) is 3.77. The molecule has 23 heavy (non-hydrogen) atoms. The fraction of sp³-hybridized carbons (Fsp3) is 0.222. The van der Waals surface area contributed by atoms with Gasteiger partial charge in [-0.2, -0.15) is 0 Å². The molecule has 0 radical (unpaired) electrons. The Kier molecular flexibility index (Phi) is 5.46. The largest absolute Gasteiger partial charge is 0.481 e. The van der Waals surface area contributed by atoms with Crippen molar-refractivity contribution in [3.63, 3.8) is 0 Å². The maximum absolute atomic E-state index is 12.9. The van der Waals surface area contributed by atoms with Gasteiger partial charge >= 0.3 is 5.97 Å². The number of rotatable bonds is 6. The monoisotopic (exact) mass is 315 g/mol. The van der Waals surface area contributed by atoms with Crippen molar-refractivity contribution >= 4 is 17.6 Å². The molecule has 0 aliphatic carbocycles. The van der Waals surface area contributed by atoms with Crippen molar-refractivity contribution < 1.29 is 19.1 Å². The van der Waals surface area contributed by atoms with E-state index in [4.69, 9.17) is 5.11 Å². The number of benzene rings is 2. The van der Waals surface area contributed by atoms with Crippen LogP contribution in [0.4, 0.5) is 10.1 Å². The molecule has 0 spiro atoms. The molecule has 0 unspecified atom stereocenters. The minimum absolute atomic E-state index is 0.257. The summed E-state index contributed by atoms with van der Waals surface area (Å²) >= 11 is 0. The predicted molar refractivity (Wildman–Crippen MR) is 85.6 cm³/mol. The van der Waals surface area contributed by atoms with Crippen LogP contribution in [0.15, 0.2) is 54.6 Å². The molecule has 0 bridgehead atoms. The highest BCUT2D eigenvalue weighted by Gasteiger charge is 2.28. The van der Waals surface area contributed by atoms with Gasteiger partial charge in [-0.15, -0.1) is 0 Å². The lowest BCUT2D eigenvalue weighted by molar-refractivity contribution is -0.140. The fourth-order valence-corrected chi connectivity index (χ4v) is 2.44. The van der Waals surface area contributed by atoms with Crippen LogP contribution in [0.5, 0.6) is 0 Å². The van der Waals surface area contributed by atoms with E-state index in [2.05, 4.69) is 5.32 Å². The summed E-state index contributed by atoms with van der Waals surface area (Å²) in [6, 6.07) is 14.7. The summed E-state index contributed by atoms with van der Waals surface area (Å²) in [5.74, 6) is -2.81. The third kappa shape index (κ3) is 4.64. The number of hydrogen-bond donors (Lipinski definition) is 2. The second-order valence-corrected chi connectivity index (χ2v) is 5.40. The van der Waals surface area contributed by atoms with E-state index in [1.807, 2.05) is 37.3 Å². The Bertz CT molecular complexity index is 670. The van der Waals surface area contributed by atoms with E-state index in [1.165, 1.54) is 24.3 Å². The van der Waals surface area contributed by atoms with Crippen LogP contribution in [0.25, 0.3) is 0 Å². The van der Waals surface area contributed by atoms with Crippen molar-refractivity contribution in [3.8, 4) is 0 Å². The summed E-state index contributed by atoms with van der Waals surface area (Å²) in [6.07, 6.45) is -0.275. The number of carbonyl (C=O) groups excluding carboxylic acids is 1. The molecule has 0 saturated heterocycles. The van der Waals surface area contributed by atoms with E-state index < -0.39 is 23.6 Å². The zero-order valence-electron chi connectivity index (χ0n) is 12.7. The fourth-order valence-electron chi connectivity index (χ4n) is 2.44. The van der Waals surface area contributed by atoms with Crippen LogP contribution >= 0.6 is 0 Å². The molecule has 1 amide bonds. The molecule has 5 heteroatoms. The third-order valence-electron chi connectivity index (χ3n) is 3.77. The molecule has 0 aromatic heterocycles. The van der Waals surface area contributed by atoms with Crippen molar-refractivity contribution in [3.05, 3.63) is 66.0 Å². The van der Waals surface area contributed by atoms with Crippen molar-refractivity contribution in [1.82, 2.24) is 0 Å². The molecule has 2 aromatic rings. The van der Waals surface area contributed by atoms with E-state index in [0.29, 0.717) is 5.69 Å². The summed E-state index contributed by atoms with van der Waals surface area (Å²) in [5.41, 5.74) is 1.33. The Labute approximate surface area is 134 Å². The minimum Gasteiger partial charge on any atom is -0.481 e. The maximum atomic E-state index is 12.9. The van der Waals surface area contributed by atoms with Gasteiger partial charge in [0, 0.05) is 5.69 Å². The van der Waals surface area contributed by atoms with Crippen molar-refractivity contribution in [1.29, 1.82) is 0 Å². The van der Waals surface area contributed by atoms with E-state index >= 15 is 0 Å². The summed E-state index contributed by atoms with van der Waals surface area (Å²) in [6.45, 7) is 1.83. The van der Waals surface area contributed by atoms with Gasteiger partial charge in [0.2, 0.25) is 5.91 Å². The molecule has 0 fully saturated rings. The Balaban J connectivity index is 2.18. The van der Waals surface area contributed by atoms with Crippen LogP contribution in [0, 0.1) is 11.7 Å². The molecule has 2 atom stereocenters. The van der Waals surface area contributed by atoms with Crippen molar-refractivity contribution in [2.75, 3.05) is 5.32 Å². The Morgan fingerprint density at radius 2 is 1.70 bits per heavy atom. The second-order valence-electron chi connectivity index (χ2n) is 5.40. The summed E-state index contributed by atoms with van der Waals surface area (Å²) < 4.78 is 12.9. The molecule has 0 saturated carbocycles. The van der Waals surface area contributed by atoms with Crippen LogP contribution in [-0.4, -0.2) is 17.0 Å². The van der Waals surface area contributed by atoms with Gasteiger partial charge in [-0.05, 0) is 35.7 Å². The van der Waals surface area contributed by atoms with Crippen LogP contribution in [-0.2, 0) is 9.59 Å². The van der Waals surface area contributed by atoms with Crippen LogP contribution in [0.1, 0.15) is 24.8 Å². The lowest BCUT2D eigenvalue weighted by Gasteiger charge is -2.22. The van der Waals surface area contributed by atoms with E-state index in [-0.39, 0.29) is 12.3 Å².